The number of carbonyl (C=O) groups is 1. The molecule has 2 aromatic rings. The van der Waals surface area contributed by atoms with Gasteiger partial charge in [0.1, 0.15) is 10.2 Å². The minimum atomic E-state index is -0.570. The molecule has 0 aliphatic carbocycles. The van der Waals surface area contributed by atoms with Crippen molar-refractivity contribution < 1.29 is 9.53 Å². The second-order valence-electron chi connectivity index (χ2n) is 6.75. The van der Waals surface area contributed by atoms with Gasteiger partial charge in [0.2, 0.25) is 0 Å². The molecule has 0 radical (unpaired) electrons. The Hall–Kier alpha value is -2.09. The van der Waals surface area contributed by atoms with E-state index in [0.29, 0.717) is 18.7 Å². The number of pyridine rings is 1. The molecule has 8 heteroatoms. The van der Waals surface area contributed by atoms with Crippen molar-refractivity contribution in [3.63, 3.8) is 0 Å². The van der Waals surface area contributed by atoms with Crippen molar-refractivity contribution in [1.82, 2.24) is 25.6 Å². The molecule has 7 nitrogen and oxygen atoms in total. The molecule has 0 amide bonds. The van der Waals surface area contributed by atoms with Crippen molar-refractivity contribution in [2.24, 2.45) is 5.92 Å². The number of aromatic nitrogens is 5. The van der Waals surface area contributed by atoms with Crippen LogP contribution in [0.5, 0.6) is 0 Å². The number of nitrogens with one attached hydrogen (secondary N) is 1. The molecule has 0 saturated heterocycles. The molecule has 0 fully saturated rings. The molecule has 0 aromatic carbocycles. The van der Waals surface area contributed by atoms with Crippen LogP contribution in [0.2, 0.25) is 0 Å². The first kappa shape index (κ1) is 19.2. The second-order valence-corrected chi connectivity index (χ2v) is 7.56. The van der Waals surface area contributed by atoms with Gasteiger partial charge in [-0.1, -0.05) is 12.1 Å². The molecule has 25 heavy (non-hydrogen) atoms. The number of nitrogens with zero attached hydrogens (tertiary/aromatic N) is 4. The van der Waals surface area contributed by atoms with Gasteiger partial charge in [0.25, 0.3) is 0 Å². The maximum Gasteiger partial charge on any atom is 0.310 e. The lowest BCUT2D eigenvalue weighted by molar-refractivity contribution is -0.160. The van der Waals surface area contributed by atoms with E-state index in [2.05, 4.69) is 48.1 Å². The van der Waals surface area contributed by atoms with Crippen LogP contribution in [0.15, 0.2) is 35.6 Å². The van der Waals surface area contributed by atoms with Crippen molar-refractivity contribution in [1.29, 1.82) is 0 Å². The van der Waals surface area contributed by atoms with E-state index >= 15 is 0 Å². The van der Waals surface area contributed by atoms with Crippen molar-refractivity contribution in [3.05, 3.63) is 47.0 Å². The second kappa shape index (κ2) is 8.33. The fourth-order valence-corrected chi connectivity index (χ4v) is 2.75. The standard InChI is InChI=1S/C17H22BrN5O2/c1-5-6-12(16(24)25-17(2,3)4)13(15-20-22-23-21-15)9-11-7-8-14(18)19-10-11/h5,7-8,10,12-13H,1,6,9H2,2-4H3,(H,20,21,22,23)/t12?,13-/m0/s1. The average molecular weight is 408 g/mol. The van der Waals surface area contributed by atoms with Crippen LogP contribution in [0.1, 0.15) is 44.5 Å². The molecule has 1 unspecified atom stereocenters. The van der Waals surface area contributed by atoms with E-state index in [-0.39, 0.29) is 11.9 Å². The third kappa shape index (κ3) is 5.74. The third-order valence-corrected chi connectivity index (χ3v) is 4.04. The highest BCUT2D eigenvalue weighted by Crippen LogP contribution is 2.31. The molecular weight excluding hydrogens is 386 g/mol. The lowest BCUT2D eigenvalue weighted by Gasteiger charge is -2.27. The summed E-state index contributed by atoms with van der Waals surface area (Å²) in [4.78, 5) is 17.0. The van der Waals surface area contributed by atoms with Crippen LogP contribution in [-0.2, 0) is 16.0 Å². The van der Waals surface area contributed by atoms with Gasteiger partial charge < -0.3 is 4.74 Å². The van der Waals surface area contributed by atoms with Crippen molar-refractivity contribution in [3.8, 4) is 0 Å². The first-order valence-electron chi connectivity index (χ1n) is 7.98. The highest BCUT2D eigenvalue weighted by molar-refractivity contribution is 9.10. The number of esters is 1. The van der Waals surface area contributed by atoms with Gasteiger partial charge in [0, 0.05) is 12.1 Å². The third-order valence-electron chi connectivity index (χ3n) is 3.57. The Morgan fingerprint density at radius 3 is 2.72 bits per heavy atom. The molecule has 0 saturated carbocycles. The van der Waals surface area contributed by atoms with E-state index in [1.54, 1.807) is 12.3 Å². The Bertz CT molecular complexity index is 695. The summed E-state index contributed by atoms with van der Waals surface area (Å²) in [5, 5.41) is 14.1. The van der Waals surface area contributed by atoms with Crippen LogP contribution in [0.25, 0.3) is 0 Å². The number of ether oxygens (including phenoxy) is 1. The van der Waals surface area contributed by atoms with Gasteiger partial charge in [-0.3, -0.25) is 4.79 Å². The van der Waals surface area contributed by atoms with Gasteiger partial charge in [-0.05, 0) is 71.6 Å². The van der Waals surface area contributed by atoms with Crippen LogP contribution >= 0.6 is 15.9 Å². The van der Waals surface area contributed by atoms with Crippen LogP contribution in [0.3, 0.4) is 0 Å². The number of H-pyrrole nitrogens is 1. The van der Waals surface area contributed by atoms with E-state index < -0.39 is 11.5 Å². The summed E-state index contributed by atoms with van der Waals surface area (Å²) in [5.41, 5.74) is 0.405. The average Bonchev–Trinajstić information content (AvgIpc) is 3.05. The summed E-state index contributed by atoms with van der Waals surface area (Å²) in [6.45, 7) is 9.31. The maximum atomic E-state index is 12.8. The molecule has 2 aromatic heterocycles. The predicted molar refractivity (Wildman–Crippen MR) is 96.7 cm³/mol. The van der Waals surface area contributed by atoms with Crippen LogP contribution < -0.4 is 0 Å². The quantitative estimate of drug-likeness (QED) is 0.430. The molecule has 0 aliphatic heterocycles. The number of hydrogen-bond acceptors (Lipinski definition) is 6. The van der Waals surface area contributed by atoms with E-state index in [0.717, 1.165) is 10.2 Å². The minimum absolute atomic E-state index is 0.272. The summed E-state index contributed by atoms with van der Waals surface area (Å²) in [5.74, 6) is -0.472. The van der Waals surface area contributed by atoms with Gasteiger partial charge >= 0.3 is 5.97 Å². The van der Waals surface area contributed by atoms with Crippen molar-refractivity contribution >= 4 is 21.9 Å². The van der Waals surface area contributed by atoms with Crippen LogP contribution in [0, 0.1) is 5.92 Å². The minimum Gasteiger partial charge on any atom is -0.460 e. The zero-order valence-electron chi connectivity index (χ0n) is 14.6. The van der Waals surface area contributed by atoms with Gasteiger partial charge in [-0.2, -0.15) is 0 Å². The lowest BCUT2D eigenvalue weighted by Crippen LogP contribution is -2.32. The normalized spacial score (nSPS) is 13.9. The zero-order valence-corrected chi connectivity index (χ0v) is 16.2. The summed E-state index contributed by atoms with van der Waals surface area (Å²) >= 11 is 3.32. The zero-order chi connectivity index (χ0) is 18.4. The summed E-state index contributed by atoms with van der Waals surface area (Å²) in [6, 6.07) is 3.81. The monoisotopic (exact) mass is 407 g/mol. The van der Waals surface area contributed by atoms with E-state index in [1.165, 1.54) is 0 Å². The topological polar surface area (TPSA) is 93.7 Å². The molecule has 2 atom stereocenters. The number of rotatable bonds is 7. The highest BCUT2D eigenvalue weighted by atomic mass is 79.9. The molecule has 0 aliphatic rings. The molecule has 0 spiro atoms. The van der Waals surface area contributed by atoms with Gasteiger partial charge in [0.05, 0.1) is 5.92 Å². The predicted octanol–water partition coefficient (Wildman–Crippen LogP) is 3.22. The largest absolute Gasteiger partial charge is 0.460 e. The molecule has 134 valence electrons. The van der Waals surface area contributed by atoms with Crippen molar-refractivity contribution in [2.75, 3.05) is 0 Å². The van der Waals surface area contributed by atoms with Crippen molar-refractivity contribution in [2.45, 2.75) is 45.1 Å². The Morgan fingerprint density at radius 1 is 1.44 bits per heavy atom. The van der Waals surface area contributed by atoms with Gasteiger partial charge in [-0.25, -0.2) is 10.1 Å². The molecule has 2 heterocycles. The SMILES string of the molecule is C=CCC(C(=O)OC(C)(C)C)[C@H](Cc1ccc(Br)nc1)c1nnn[nH]1. The lowest BCUT2D eigenvalue weighted by atomic mass is 9.84. The maximum absolute atomic E-state index is 12.8. The highest BCUT2D eigenvalue weighted by Gasteiger charge is 2.34. The van der Waals surface area contributed by atoms with Crippen LogP contribution in [-0.4, -0.2) is 37.2 Å². The number of halogens is 1. The number of aromatic amines is 1. The Kier molecular flexibility index (Phi) is 6.41. The van der Waals surface area contributed by atoms with Gasteiger partial charge in [0.15, 0.2) is 5.82 Å². The van der Waals surface area contributed by atoms with E-state index in [9.17, 15) is 4.79 Å². The summed E-state index contributed by atoms with van der Waals surface area (Å²) < 4.78 is 6.35. The summed E-state index contributed by atoms with van der Waals surface area (Å²) in [7, 11) is 0. The van der Waals surface area contributed by atoms with E-state index in [1.807, 2.05) is 32.9 Å². The first-order chi connectivity index (χ1) is 11.8. The van der Waals surface area contributed by atoms with E-state index in [4.69, 9.17) is 4.74 Å². The number of tetrazole rings is 1. The smallest absolute Gasteiger partial charge is 0.310 e. The van der Waals surface area contributed by atoms with Gasteiger partial charge in [-0.15, -0.1) is 11.7 Å². The number of carbonyl (C=O) groups excluding carboxylic acids is 1. The molecule has 2 rings (SSSR count). The molecule has 1 N–H and O–H groups in total. The Morgan fingerprint density at radius 2 is 2.20 bits per heavy atom. The fraction of sp³-hybridized carbons (Fsp3) is 0.471. The number of hydrogen-bond donors (Lipinski definition) is 1. The first-order valence-corrected chi connectivity index (χ1v) is 8.77. The summed E-state index contributed by atoms with van der Waals surface area (Å²) in [6.07, 6.45) is 4.49. The Balaban J connectivity index is 2.32. The Labute approximate surface area is 155 Å². The van der Waals surface area contributed by atoms with Crippen LogP contribution in [0.4, 0.5) is 0 Å². The fourth-order valence-electron chi connectivity index (χ4n) is 2.52. The number of allylic oxidation sites excluding steroid dienone is 1. The molecular formula is C17H22BrN5O2. The molecule has 0 bridgehead atoms.